The molecule has 1 unspecified atom stereocenters. The molecule has 1 saturated heterocycles. The Morgan fingerprint density at radius 1 is 1.38 bits per heavy atom. The van der Waals surface area contributed by atoms with Gasteiger partial charge in [0.2, 0.25) is 5.91 Å². The molecule has 0 aliphatic carbocycles. The van der Waals surface area contributed by atoms with Crippen molar-refractivity contribution >= 4 is 5.91 Å². The van der Waals surface area contributed by atoms with E-state index in [1.54, 1.807) is 0 Å². The third-order valence-corrected chi connectivity index (χ3v) is 3.35. The Morgan fingerprint density at radius 3 is 2.69 bits per heavy atom. The highest BCUT2D eigenvalue weighted by atomic mass is 16.2. The second kappa shape index (κ2) is 5.67. The third kappa shape index (κ3) is 4.97. The number of hydrogen-bond donors (Lipinski definition) is 1. The van der Waals surface area contributed by atoms with Crippen molar-refractivity contribution < 1.29 is 4.79 Å². The number of nitrogens with two attached hydrogens (primary N) is 1. The van der Waals surface area contributed by atoms with Crippen LogP contribution < -0.4 is 5.73 Å². The Bertz CT molecular complexity index is 233. The Morgan fingerprint density at radius 2 is 2.06 bits per heavy atom. The summed E-state index contributed by atoms with van der Waals surface area (Å²) in [4.78, 5) is 14.0. The molecule has 16 heavy (non-hydrogen) atoms. The molecule has 2 N–H and O–H groups in total. The number of hydrogen-bond acceptors (Lipinski definition) is 2. The molecule has 0 saturated carbocycles. The van der Waals surface area contributed by atoms with E-state index in [0.29, 0.717) is 6.42 Å². The van der Waals surface area contributed by atoms with Gasteiger partial charge in [-0.2, -0.15) is 0 Å². The lowest BCUT2D eigenvalue weighted by Gasteiger charge is -2.23. The summed E-state index contributed by atoms with van der Waals surface area (Å²) in [6.45, 7) is 8.10. The highest BCUT2D eigenvalue weighted by molar-refractivity contribution is 5.76. The molecule has 0 bridgehead atoms. The molecule has 0 spiro atoms. The average Bonchev–Trinajstić information content (AvgIpc) is 2.38. The molecule has 1 aliphatic rings. The average molecular weight is 226 g/mol. The van der Waals surface area contributed by atoms with Gasteiger partial charge < -0.3 is 10.6 Å². The molecule has 3 nitrogen and oxygen atoms in total. The van der Waals surface area contributed by atoms with Crippen LogP contribution in [-0.2, 0) is 4.79 Å². The molecule has 1 heterocycles. The van der Waals surface area contributed by atoms with Crippen molar-refractivity contribution in [3.8, 4) is 0 Å². The summed E-state index contributed by atoms with van der Waals surface area (Å²) in [5.74, 6) is 1.05. The number of carbonyl (C=O) groups is 1. The van der Waals surface area contributed by atoms with Crippen molar-refractivity contribution in [1.29, 1.82) is 0 Å². The van der Waals surface area contributed by atoms with Crippen LogP contribution in [0.15, 0.2) is 0 Å². The van der Waals surface area contributed by atoms with Gasteiger partial charge in [0, 0.05) is 25.0 Å². The summed E-state index contributed by atoms with van der Waals surface area (Å²) in [6, 6.07) is 0. The molecule has 0 radical (unpaired) electrons. The van der Waals surface area contributed by atoms with Gasteiger partial charge in [0.25, 0.3) is 0 Å². The fourth-order valence-electron chi connectivity index (χ4n) is 2.10. The fourth-order valence-corrected chi connectivity index (χ4v) is 2.10. The van der Waals surface area contributed by atoms with Crippen LogP contribution in [0.4, 0.5) is 0 Å². The second-order valence-electron chi connectivity index (χ2n) is 5.91. The minimum atomic E-state index is -0.227. The van der Waals surface area contributed by atoms with Crippen LogP contribution >= 0.6 is 0 Å². The van der Waals surface area contributed by atoms with Gasteiger partial charge in [0.15, 0.2) is 0 Å². The maximum atomic E-state index is 12.0. The van der Waals surface area contributed by atoms with Gasteiger partial charge >= 0.3 is 0 Å². The number of nitrogens with zero attached hydrogens (tertiary/aromatic N) is 1. The van der Waals surface area contributed by atoms with E-state index in [4.69, 9.17) is 5.73 Å². The highest BCUT2D eigenvalue weighted by Crippen LogP contribution is 2.18. The van der Waals surface area contributed by atoms with Gasteiger partial charge in [-0.3, -0.25) is 4.79 Å². The van der Waals surface area contributed by atoms with Crippen molar-refractivity contribution in [3.05, 3.63) is 0 Å². The van der Waals surface area contributed by atoms with Crippen molar-refractivity contribution in [2.45, 2.75) is 58.4 Å². The quantitative estimate of drug-likeness (QED) is 0.801. The molecule has 0 aromatic carbocycles. The molecule has 1 amide bonds. The second-order valence-corrected chi connectivity index (χ2v) is 5.91. The van der Waals surface area contributed by atoms with Gasteiger partial charge in [0.05, 0.1) is 0 Å². The third-order valence-electron chi connectivity index (χ3n) is 3.35. The maximum Gasteiger partial charge on any atom is 0.222 e. The SMILES string of the molecule is CC1CCCN(C(=O)CCC(C)(C)N)CC1. The van der Waals surface area contributed by atoms with Gasteiger partial charge in [0.1, 0.15) is 0 Å². The number of likely N-dealkylation sites (tertiary alicyclic amines) is 1. The van der Waals surface area contributed by atoms with Crippen LogP contribution in [0.3, 0.4) is 0 Å². The van der Waals surface area contributed by atoms with Crippen molar-refractivity contribution in [3.63, 3.8) is 0 Å². The summed E-state index contributed by atoms with van der Waals surface area (Å²) >= 11 is 0. The molecular formula is C13H26N2O. The first-order valence-corrected chi connectivity index (χ1v) is 6.45. The van der Waals surface area contributed by atoms with Gasteiger partial charge in [-0.25, -0.2) is 0 Å². The minimum Gasteiger partial charge on any atom is -0.343 e. The van der Waals surface area contributed by atoms with Crippen LogP contribution in [0.1, 0.15) is 52.9 Å². The molecule has 0 aromatic rings. The summed E-state index contributed by atoms with van der Waals surface area (Å²) in [6.07, 6.45) is 4.93. The molecule has 94 valence electrons. The topological polar surface area (TPSA) is 46.3 Å². The van der Waals surface area contributed by atoms with E-state index in [1.165, 1.54) is 6.42 Å². The summed E-state index contributed by atoms with van der Waals surface area (Å²) < 4.78 is 0. The van der Waals surface area contributed by atoms with Crippen LogP contribution in [0.2, 0.25) is 0 Å². The Hall–Kier alpha value is -0.570. The van der Waals surface area contributed by atoms with Crippen molar-refractivity contribution in [2.24, 2.45) is 11.7 Å². The molecule has 1 rings (SSSR count). The fraction of sp³-hybridized carbons (Fsp3) is 0.923. The first-order valence-electron chi connectivity index (χ1n) is 6.45. The zero-order valence-electron chi connectivity index (χ0n) is 11.0. The summed E-state index contributed by atoms with van der Waals surface area (Å²) in [5, 5.41) is 0. The number of rotatable bonds is 3. The van der Waals surface area contributed by atoms with E-state index in [0.717, 1.165) is 38.3 Å². The first-order chi connectivity index (χ1) is 7.38. The minimum absolute atomic E-state index is 0.227. The predicted octanol–water partition coefficient (Wildman–Crippen LogP) is 2.15. The zero-order valence-corrected chi connectivity index (χ0v) is 11.0. The van der Waals surface area contributed by atoms with E-state index in [9.17, 15) is 4.79 Å². The standard InChI is InChI=1S/C13H26N2O/c1-11-5-4-9-15(10-7-11)12(16)6-8-13(2,3)14/h11H,4-10,14H2,1-3H3. The van der Waals surface area contributed by atoms with E-state index in [1.807, 2.05) is 18.7 Å². The lowest BCUT2D eigenvalue weighted by Crippen LogP contribution is -2.36. The lowest BCUT2D eigenvalue weighted by atomic mass is 9.99. The largest absolute Gasteiger partial charge is 0.343 e. The normalized spacial score (nSPS) is 23.0. The maximum absolute atomic E-state index is 12.0. The Kier molecular flexibility index (Phi) is 4.78. The summed E-state index contributed by atoms with van der Waals surface area (Å²) in [5.41, 5.74) is 5.67. The van der Waals surface area contributed by atoms with E-state index >= 15 is 0 Å². The first kappa shape index (κ1) is 13.5. The van der Waals surface area contributed by atoms with Crippen LogP contribution in [-0.4, -0.2) is 29.4 Å². The molecule has 1 aliphatic heterocycles. The zero-order chi connectivity index (χ0) is 12.2. The lowest BCUT2D eigenvalue weighted by molar-refractivity contribution is -0.131. The van der Waals surface area contributed by atoms with E-state index in [-0.39, 0.29) is 11.4 Å². The molecule has 0 aromatic heterocycles. The highest BCUT2D eigenvalue weighted by Gasteiger charge is 2.20. The Balaban J connectivity index is 2.35. The predicted molar refractivity (Wildman–Crippen MR) is 67.1 cm³/mol. The molecule has 3 heteroatoms. The smallest absolute Gasteiger partial charge is 0.222 e. The van der Waals surface area contributed by atoms with Crippen LogP contribution in [0.25, 0.3) is 0 Å². The Labute approximate surface area is 99.4 Å². The van der Waals surface area contributed by atoms with Crippen molar-refractivity contribution in [2.75, 3.05) is 13.1 Å². The number of carbonyl (C=O) groups excluding carboxylic acids is 1. The molecule has 1 atom stereocenters. The van der Waals surface area contributed by atoms with Gasteiger partial charge in [-0.1, -0.05) is 6.92 Å². The van der Waals surface area contributed by atoms with E-state index in [2.05, 4.69) is 6.92 Å². The van der Waals surface area contributed by atoms with E-state index < -0.39 is 0 Å². The van der Waals surface area contributed by atoms with Gasteiger partial charge in [-0.15, -0.1) is 0 Å². The number of amides is 1. The van der Waals surface area contributed by atoms with Crippen LogP contribution in [0, 0.1) is 5.92 Å². The monoisotopic (exact) mass is 226 g/mol. The summed E-state index contributed by atoms with van der Waals surface area (Å²) in [7, 11) is 0. The van der Waals surface area contributed by atoms with Crippen LogP contribution in [0.5, 0.6) is 0 Å². The van der Waals surface area contributed by atoms with Crippen molar-refractivity contribution in [1.82, 2.24) is 4.90 Å². The van der Waals surface area contributed by atoms with Gasteiger partial charge in [-0.05, 0) is 45.4 Å². The molecular weight excluding hydrogens is 200 g/mol. The molecule has 1 fully saturated rings.